The molecule has 0 unspecified atom stereocenters. The summed E-state index contributed by atoms with van der Waals surface area (Å²) in [5.74, 6) is 0. The lowest BCUT2D eigenvalue weighted by Crippen LogP contribution is -1.93. The smallest absolute Gasteiger partial charge is 0.0998 e. The lowest BCUT2D eigenvalue weighted by Gasteiger charge is -2.16. The highest BCUT2D eigenvalue weighted by molar-refractivity contribution is 6.28. The predicted molar refractivity (Wildman–Crippen MR) is 221 cm³/mol. The molecule has 0 N–H and O–H groups in total. The van der Waals surface area contributed by atoms with E-state index in [-0.39, 0.29) is 0 Å². The van der Waals surface area contributed by atoms with Gasteiger partial charge in [0.15, 0.2) is 0 Å². The van der Waals surface area contributed by atoms with E-state index in [1.165, 1.54) is 65.3 Å². The maximum atomic E-state index is 10.0. The Hall–Kier alpha value is -7.28. The molecule has 0 saturated heterocycles. The van der Waals surface area contributed by atoms with Crippen molar-refractivity contribution in [1.29, 1.82) is 5.26 Å². The molecule has 2 aromatic heterocycles. The summed E-state index contributed by atoms with van der Waals surface area (Å²) < 4.78 is 2.33. The average molecular weight is 672 g/mol. The van der Waals surface area contributed by atoms with Gasteiger partial charge in [-0.3, -0.25) is 4.98 Å². The van der Waals surface area contributed by atoms with Gasteiger partial charge in [-0.05, 0) is 114 Å². The number of pyridine rings is 1. The molecular formula is C50H29N3. The Morgan fingerprint density at radius 2 is 0.981 bits per heavy atom. The summed E-state index contributed by atoms with van der Waals surface area (Å²) >= 11 is 0. The molecule has 11 rings (SSSR count). The van der Waals surface area contributed by atoms with Crippen LogP contribution >= 0.6 is 0 Å². The molecule has 0 fully saturated rings. The van der Waals surface area contributed by atoms with Crippen molar-refractivity contribution in [3.8, 4) is 45.1 Å². The van der Waals surface area contributed by atoms with Gasteiger partial charge in [0.2, 0.25) is 0 Å². The molecule has 0 aliphatic rings. The fraction of sp³-hybridized carbons (Fsp3) is 0. The summed E-state index contributed by atoms with van der Waals surface area (Å²) in [4.78, 5) is 4.44. The van der Waals surface area contributed by atoms with Crippen molar-refractivity contribution >= 4 is 64.9 Å². The van der Waals surface area contributed by atoms with Crippen LogP contribution in [0.4, 0.5) is 0 Å². The molecule has 11 aromatic rings. The Labute approximate surface area is 305 Å². The molecule has 0 aliphatic heterocycles. The molecule has 0 aliphatic carbocycles. The van der Waals surface area contributed by atoms with Crippen LogP contribution in [0.5, 0.6) is 0 Å². The first kappa shape index (κ1) is 29.5. The van der Waals surface area contributed by atoms with Gasteiger partial charge < -0.3 is 4.57 Å². The number of rotatable bonds is 4. The summed E-state index contributed by atoms with van der Waals surface area (Å²) in [5.41, 5.74) is 11.1. The van der Waals surface area contributed by atoms with Crippen LogP contribution in [0.15, 0.2) is 176 Å². The first-order chi connectivity index (χ1) is 26.3. The number of hydrogen-bond donors (Lipinski definition) is 0. The van der Waals surface area contributed by atoms with E-state index in [2.05, 4.69) is 161 Å². The van der Waals surface area contributed by atoms with Gasteiger partial charge in [0.05, 0.1) is 22.7 Å². The van der Waals surface area contributed by atoms with Crippen LogP contribution in [-0.4, -0.2) is 9.55 Å². The molecule has 244 valence electrons. The van der Waals surface area contributed by atoms with E-state index in [0.29, 0.717) is 5.56 Å². The molecule has 0 spiro atoms. The van der Waals surface area contributed by atoms with Crippen LogP contribution < -0.4 is 0 Å². The van der Waals surface area contributed by atoms with Gasteiger partial charge in [-0.2, -0.15) is 5.26 Å². The first-order valence-corrected chi connectivity index (χ1v) is 17.9. The third-order valence-electron chi connectivity index (χ3n) is 11.1. The molecule has 0 radical (unpaired) electrons. The third kappa shape index (κ3) is 4.30. The predicted octanol–water partition coefficient (Wildman–Crippen LogP) is 13.1. The van der Waals surface area contributed by atoms with E-state index in [0.717, 1.165) is 38.6 Å². The van der Waals surface area contributed by atoms with Crippen molar-refractivity contribution in [3.05, 3.63) is 182 Å². The minimum Gasteiger partial charge on any atom is -0.309 e. The summed E-state index contributed by atoms with van der Waals surface area (Å²) in [6.07, 6.45) is 3.79. The number of hydrogen-bond acceptors (Lipinski definition) is 2. The maximum absolute atomic E-state index is 10.0. The lowest BCUT2D eigenvalue weighted by atomic mass is 9.87. The normalized spacial score (nSPS) is 11.8. The minimum absolute atomic E-state index is 0.699. The number of benzene rings is 9. The second-order valence-corrected chi connectivity index (χ2v) is 13.8. The van der Waals surface area contributed by atoms with E-state index >= 15 is 0 Å². The minimum atomic E-state index is 0.699. The van der Waals surface area contributed by atoms with Gasteiger partial charge >= 0.3 is 0 Å². The molecule has 0 amide bonds. The zero-order chi connectivity index (χ0) is 35.0. The van der Waals surface area contributed by atoms with Crippen molar-refractivity contribution in [2.24, 2.45) is 0 Å². The van der Waals surface area contributed by atoms with Crippen LogP contribution in [0, 0.1) is 11.3 Å². The number of fused-ring (bicyclic) bond motifs is 5. The van der Waals surface area contributed by atoms with E-state index in [1.54, 1.807) is 0 Å². The summed E-state index contributed by atoms with van der Waals surface area (Å²) in [5, 5.41) is 21.9. The molecule has 3 nitrogen and oxygen atoms in total. The van der Waals surface area contributed by atoms with E-state index in [1.807, 2.05) is 30.6 Å². The fourth-order valence-corrected chi connectivity index (χ4v) is 8.74. The van der Waals surface area contributed by atoms with E-state index < -0.39 is 0 Å². The van der Waals surface area contributed by atoms with Crippen LogP contribution in [0.3, 0.4) is 0 Å². The Morgan fingerprint density at radius 3 is 1.62 bits per heavy atom. The Morgan fingerprint density at radius 1 is 0.415 bits per heavy atom. The number of aromatic nitrogens is 2. The molecule has 2 heterocycles. The lowest BCUT2D eigenvalue weighted by molar-refractivity contribution is 1.18. The van der Waals surface area contributed by atoms with Crippen LogP contribution in [0.2, 0.25) is 0 Å². The second kappa shape index (κ2) is 11.4. The Bertz CT molecular complexity index is 3260. The van der Waals surface area contributed by atoms with Crippen molar-refractivity contribution in [3.63, 3.8) is 0 Å². The van der Waals surface area contributed by atoms with Gasteiger partial charge in [-0.25, -0.2) is 0 Å². The largest absolute Gasteiger partial charge is 0.309 e. The van der Waals surface area contributed by atoms with Crippen LogP contribution in [0.1, 0.15) is 5.56 Å². The van der Waals surface area contributed by atoms with Gasteiger partial charge in [-0.1, -0.05) is 115 Å². The van der Waals surface area contributed by atoms with Crippen molar-refractivity contribution in [2.45, 2.75) is 0 Å². The third-order valence-corrected chi connectivity index (χ3v) is 11.1. The highest BCUT2D eigenvalue weighted by Gasteiger charge is 2.21. The highest BCUT2D eigenvalue weighted by Crippen LogP contribution is 2.45. The molecule has 53 heavy (non-hydrogen) atoms. The van der Waals surface area contributed by atoms with Crippen molar-refractivity contribution < 1.29 is 0 Å². The standard InChI is InChI=1S/C50H29N3/c51-29-33-20-24-47-49-37(33)21-22-42-36(23-25-48(50(42)49)53(47)35-10-2-1-3-11-35)31-16-18-32(19-17-31)43-27-45-41-15-7-5-13-39(41)44(34-9-8-26-52-30-34)28-46(45)40-14-6-4-12-38(40)43/h1-28,30H. The highest BCUT2D eigenvalue weighted by atomic mass is 15.0. The summed E-state index contributed by atoms with van der Waals surface area (Å²) in [6, 6.07) is 61.2. The Kier molecular flexibility index (Phi) is 6.32. The zero-order valence-corrected chi connectivity index (χ0v) is 28.6. The Balaban J connectivity index is 1.10. The monoisotopic (exact) mass is 671 g/mol. The van der Waals surface area contributed by atoms with Crippen molar-refractivity contribution in [2.75, 3.05) is 0 Å². The zero-order valence-electron chi connectivity index (χ0n) is 28.6. The molecule has 0 saturated carbocycles. The van der Waals surface area contributed by atoms with Crippen LogP contribution in [-0.2, 0) is 0 Å². The van der Waals surface area contributed by atoms with Gasteiger partial charge in [-0.15, -0.1) is 0 Å². The van der Waals surface area contributed by atoms with E-state index in [9.17, 15) is 5.26 Å². The summed E-state index contributed by atoms with van der Waals surface area (Å²) in [7, 11) is 0. The summed E-state index contributed by atoms with van der Waals surface area (Å²) in [6.45, 7) is 0. The SMILES string of the molecule is N#Cc1ccc2c3c1ccc1c(-c4ccc(-c5cc6c7ccccc7c(-c7cccnc7)cc6c6ccccc56)cc4)ccc(c13)n2-c1ccccc1. The van der Waals surface area contributed by atoms with Gasteiger partial charge in [0.1, 0.15) is 0 Å². The number of nitrogens with zero attached hydrogens (tertiary/aromatic N) is 3. The maximum Gasteiger partial charge on any atom is 0.0998 e. The van der Waals surface area contributed by atoms with Crippen LogP contribution in [0.25, 0.3) is 104 Å². The quantitative estimate of drug-likeness (QED) is 0.175. The second-order valence-electron chi connectivity index (χ2n) is 13.8. The number of nitriles is 1. The molecule has 9 aromatic carbocycles. The van der Waals surface area contributed by atoms with E-state index in [4.69, 9.17) is 0 Å². The molecule has 3 heteroatoms. The molecule has 0 atom stereocenters. The van der Waals surface area contributed by atoms with Gasteiger partial charge in [0, 0.05) is 39.8 Å². The van der Waals surface area contributed by atoms with Gasteiger partial charge in [0.25, 0.3) is 0 Å². The average Bonchev–Trinajstić information content (AvgIpc) is 3.58. The van der Waals surface area contributed by atoms with Crippen molar-refractivity contribution in [1.82, 2.24) is 9.55 Å². The molecular weight excluding hydrogens is 643 g/mol. The first-order valence-electron chi connectivity index (χ1n) is 17.9. The fourth-order valence-electron chi connectivity index (χ4n) is 8.74. The topological polar surface area (TPSA) is 41.6 Å². The number of para-hydroxylation sites is 1. The molecule has 0 bridgehead atoms.